The standard InChI is InChI=1S/C14H21N3O2.ClH/c1-4-11(15)14(19)17-12-7-6-10(8-9(12)3)13(18)16-5-2;/h6-8,11H,4-5,15H2,1-3H3,(H,16,18)(H,17,19);1H/t11-;/m0./s1. The first-order valence-electron chi connectivity index (χ1n) is 6.44. The van der Waals surface area contributed by atoms with Gasteiger partial charge >= 0.3 is 0 Å². The molecule has 1 atom stereocenters. The van der Waals surface area contributed by atoms with Crippen molar-refractivity contribution in [3.05, 3.63) is 29.3 Å². The molecule has 0 spiro atoms. The molecule has 1 aromatic rings. The molecule has 0 aliphatic heterocycles. The number of benzene rings is 1. The summed E-state index contributed by atoms with van der Waals surface area (Å²) in [4.78, 5) is 23.4. The van der Waals surface area contributed by atoms with Crippen LogP contribution < -0.4 is 16.4 Å². The fourth-order valence-corrected chi connectivity index (χ4v) is 1.62. The lowest BCUT2D eigenvalue weighted by molar-refractivity contribution is -0.117. The molecule has 6 heteroatoms. The number of carbonyl (C=O) groups is 2. The minimum absolute atomic E-state index is 0. The van der Waals surface area contributed by atoms with E-state index in [1.54, 1.807) is 18.2 Å². The lowest BCUT2D eigenvalue weighted by atomic mass is 10.1. The first kappa shape index (κ1) is 18.4. The SMILES string of the molecule is CCNC(=O)c1ccc(NC(=O)[C@@H](N)CC)c(C)c1.Cl. The minimum atomic E-state index is -0.512. The van der Waals surface area contributed by atoms with Crippen LogP contribution >= 0.6 is 12.4 Å². The van der Waals surface area contributed by atoms with E-state index >= 15 is 0 Å². The van der Waals surface area contributed by atoms with Crippen LogP contribution in [-0.4, -0.2) is 24.4 Å². The summed E-state index contributed by atoms with van der Waals surface area (Å²) in [6, 6.07) is 4.64. The van der Waals surface area contributed by atoms with Gasteiger partial charge in [0.25, 0.3) is 5.91 Å². The fourth-order valence-electron chi connectivity index (χ4n) is 1.62. The van der Waals surface area contributed by atoms with E-state index in [1.165, 1.54) is 0 Å². The van der Waals surface area contributed by atoms with Gasteiger partial charge in [-0.25, -0.2) is 0 Å². The Labute approximate surface area is 125 Å². The fraction of sp³-hybridized carbons (Fsp3) is 0.429. The number of nitrogens with one attached hydrogen (secondary N) is 2. The predicted octanol–water partition coefficient (Wildman–Crippen LogP) is 1.84. The molecule has 1 aromatic carbocycles. The highest BCUT2D eigenvalue weighted by Gasteiger charge is 2.13. The zero-order chi connectivity index (χ0) is 14.4. The second-order valence-electron chi connectivity index (χ2n) is 4.39. The topological polar surface area (TPSA) is 84.2 Å². The van der Waals surface area contributed by atoms with E-state index in [9.17, 15) is 9.59 Å². The van der Waals surface area contributed by atoms with Crippen molar-refractivity contribution in [2.24, 2.45) is 5.73 Å². The molecule has 0 radical (unpaired) electrons. The Kier molecular flexibility index (Phi) is 7.87. The van der Waals surface area contributed by atoms with Crippen molar-refractivity contribution >= 4 is 29.9 Å². The molecule has 0 fully saturated rings. The predicted molar refractivity (Wildman–Crippen MR) is 83.3 cm³/mol. The summed E-state index contributed by atoms with van der Waals surface area (Å²) >= 11 is 0. The highest BCUT2D eigenvalue weighted by atomic mass is 35.5. The van der Waals surface area contributed by atoms with Crippen molar-refractivity contribution < 1.29 is 9.59 Å². The quantitative estimate of drug-likeness (QED) is 0.775. The third-order valence-corrected chi connectivity index (χ3v) is 2.86. The lowest BCUT2D eigenvalue weighted by Gasteiger charge is -2.13. The summed E-state index contributed by atoms with van der Waals surface area (Å²) < 4.78 is 0. The van der Waals surface area contributed by atoms with Crippen molar-refractivity contribution in [1.29, 1.82) is 0 Å². The first-order chi connectivity index (χ1) is 8.99. The van der Waals surface area contributed by atoms with Crippen molar-refractivity contribution in [2.45, 2.75) is 33.2 Å². The number of amides is 2. The van der Waals surface area contributed by atoms with Gasteiger partial charge in [-0.3, -0.25) is 9.59 Å². The number of hydrogen-bond acceptors (Lipinski definition) is 3. The highest BCUT2D eigenvalue weighted by molar-refractivity contribution is 5.97. The number of aryl methyl sites for hydroxylation is 1. The maximum atomic E-state index is 11.7. The van der Waals surface area contributed by atoms with Crippen molar-refractivity contribution in [3.8, 4) is 0 Å². The molecule has 20 heavy (non-hydrogen) atoms. The number of hydrogen-bond donors (Lipinski definition) is 3. The summed E-state index contributed by atoms with van der Waals surface area (Å²) in [5, 5.41) is 5.49. The Balaban J connectivity index is 0.00000361. The van der Waals surface area contributed by atoms with Gasteiger partial charge in [0.15, 0.2) is 0 Å². The molecule has 1 rings (SSSR count). The zero-order valence-corrected chi connectivity index (χ0v) is 12.8. The van der Waals surface area contributed by atoms with E-state index in [-0.39, 0.29) is 24.2 Å². The lowest BCUT2D eigenvalue weighted by Crippen LogP contribution is -2.35. The normalized spacial score (nSPS) is 11.2. The van der Waals surface area contributed by atoms with E-state index in [2.05, 4.69) is 10.6 Å². The van der Waals surface area contributed by atoms with Crippen molar-refractivity contribution in [2.75, 3.05) is 11.9 Å². The Morgan fingerprint density at radius 3 is 2.45 bits per heavy atom. The smallest absolute Gasteiger partial charge is 0.251 e. The molecule has 0 unspecified atom stereocenters. The molecule has 2 amide bonds. The van der Waals surface area contributed by atoms with E-state index < -0.39 is 6.04 Å². The van der Waals surface area contributed by atoms with E-state index in [4.69, 9.17) is 5.73 Å². The molecule has 0 aliphatic carbocycles. The van der Waals surface area contributed by atoms with Crippen LogP contribution in [0.3, 0.4) is 0 Å². The molecule has 0 saturated heterocycles. The molecule has 0 aromatic heterocycles. The van der Waals surface area contributed by atoms with Crippen molar-refractivity contribution in [3.63, 3.8) is 0 Å². The Bertz CT molecular complexity index is 477. The van der Waals surface area contributed by atoms with Crippen LogP contribution in [0.2, 0.25) is 0 Å². The Hall–Kier alpha value is -1.59. The van der Waals surface area contributed by atoms with Gasteiger partial charge in [-0.2, -0.15) is 0 Å². The van der Waals surface area contributed by atoms with Crippen LogP contribution in [0.1, 0.15) is 36.2 Å². The van der Waals surface area contributed by atoms with Crippen LogP contribution in [0.15, 0.2) is 18.2 Å². The monoisotopic (exact) mass is 299 g/mol. The maximum absolute atomic E-state index is 11.7. The van der Waals surface area contributed by atoms with Gasteiger partial charge in [0.2, 0.25) is 5.91 Å². The number of nitrogens with two attached hydrogens (primary N) is 1. The summed E-state index contributed by atoms with van der Waals surface area (Å²) in [5.74, 6) is -0.329. The van der Waals surface area contributed by atoms with Gasteiger partial charge in [-0.05, 0) is 44.0 Å². The second-order valence-corrected chi connectivity index (χ2v) is 4.39. The largest absolute Gasteiger partial charge is 0.352 e. The molecule has 0 bridgehead atoms. The maximum Gasteiger partial charge on any atom is 0.251 e. The van der Waals surface area contributed by atoms with Gasteiger partial charge in [-0.15, -0.1) is 12.4 Å². The van der Waals surface area contributed by atoms with Gasteiger partial charge in [-0.1, -0.05) is 6.92 Å². The number of carbonyl (C=O) groups excluding carboxylic acids is 2. The van der Waals surface area contributed by atoms with E-state index in [0.717, 1.165) is 5.56 Å². The van der Waals surface area contributed by atoms with E-state index in [0.29, 0.717) is 24.2 Å². The van der Waals surface area contributed by atoms with E-state index in [1.807, 2.05) is 20.8 Å². The van der Waals surface area contributed by atoms with Gasteiger partial charge < -0.3 is 16.4 Å². The number of anilines is 1. The second kappa shape index (κ2) is 8.55. The molecule has 0 heterocycles. The summed E-state index contributed by atoms with van der Waals surface area (Å²) in [7, 11) is 0. The molecular weight excluding hydrogens is 278 g/mol. The average Bonchev–Trinajstić information content (AvgIpc) is 2.40. The zero-order valence-electron chi connectivity index (χ0n) is 12.0. The Morgan fingerprint density at radius 1 is 1.30 bits per heavy atom. The highest BCUT2D eigenvalue weighted by Crippen LogP contribution is 2.17. The van der Waals surface area contributed by atoms with Gasteiger partial charge in [0, 0.05) is 17.8 Å². The molecular formula is C14H22ClN3O2. The molecule has 5 nitrogen and oxygen atoms in total. The number of rotatable bonds is 5. The Morgan fingerprint density at radius 2 is 1.95 bits per heavy atom. The van der Waals surface area contributed by atoms with Crippen molar-refractivity contribution in [1.82, 2.24) is 5.32 Å². The molecule has 0 saturated carbocycles. The van der Waals surface area contributed by atoms with Crippen LogP contribution in [-0.2, 0) is 4.79 Å². The summed E-state index contributed by atoms with van der Waals surface area (Å²) in [6.45, 7) is 6.15. The van der Waals surface area contributed by atoms with Gasteiger partial charge in [0.1, 0.15) is 0 Å². The third-order valence-electron chi connectivity index (χ3n) is 2.86. The number of halogens is 1. The van der Waals surface area contributed by atoms with Crippen LogP contribution in [0.25, 0.3) is 0 Å². The molecule has 0 aliphatic rings. The first-order valence-corrected chi connectivity index (χ1v) is 6.44. The average molecular weight is 300 g/mol. The third kappa shape index (κ3) is 4.83. The summed E-state index contributed by atoms with van der Waals surface area (Å²) in [6.07, 6.45) is 0.585. The molecule has 112 valence electrons. The van der Waals surface area contributed by atoms with Crippen LogP contribution in [0.4, 0.5) is 5.69 Å². The summed E-state index contributed by atoms with van der Waals surface area (Å²) in [5.41, 5.74) is 7.75. The van der Waals surface area contributed by atoms with Crippen LogP contribution in [0.5, 0.6) is 0 Å². The molecule has 4 N–H and O–H groups in total. The van der Waals surface area contributed by atoms with Gasteiger partial charge in [0.05, 0.1) is 6.04 Å². The minimum Gasteiger partial charge on any atom is -0.352 e. The van der Waals surface area contributed by atoms with Crippen LogP contribution in [0, 0.1) is 6.92 Å².